The number of nitrogens with one attached hydrogen (secondary N) is 1. The molecule has 104 valence electrons. The zero-order chi connectivity index (χ0) is 12.9. The van der Waals surface area contributed by atoms with Crippen LogP contribution < -0.4 is 10.1 Å². The number of benzene rings is 1. The molecule has 0 aliphatic carbocycles. The molecule has 0 radical (unpaired) electrons. The van der Waals surface area contributed by atoms with Crippen molar-refractivity contribution in [3.8, 4) is 5.75 Å². The third kappa shape index (κ3) is 3.46. The van der Waals surface area contributed by atoms with Gasteiger partial charge < -0.3 is 10.1 Å². The van der Waals surface area contributed by atoms with E-state index < -0.39 is 0 Å². The summed E-state index contributed by atoms with van der Waals surface area (Å²) in [5.41, 5.74) is 1.39. The van der Waals surface area contributed by atoms with Gasteiger partial charge in [0.15, 0.2) is 0 Å². The zero-order valence-corrected chi connectivity index (χ0v) is 12.3. The Hall–Kier alpha value is -0.670. The lowest BCUT2D eigenvalue weighted by Gasteiger charge is -2.27. The number of hydrogen-bond donors (Lipinski definition) is 1. The monoisotopic (exact) mass is 277 g/mol. The van der Waals surface area contributed by atoms with Crippen LogP contribution in [0.5, 0.6) is 5.75 Å². The summed E-state index contributed by atoms with van der Waals surface area (Å²) < 4.78 is 5.72. The maximum Gasteiger partial charge on any atom is 0.122 e. The molecule has 1 aromatic carbocycles. The van der Waals surface area contributed by atoms with Gasteiger partial charge in [-0.15, -0.1) is 0 Å². The van der Waals surface area contributed by atoms with Gasteiger partial charge in [0.1, 0.15) is 5.75 Å². The Morgan fingerprint density at radius 1 is 1.16 bits per heavy atom. The first-order valence-electron chi connectivity index (χ1n) is 7.47. The molecule has 2 nitrogen and oxygen atoms in total. The van der Waals surface area contributed by atoms with Crippen LogP contribution in [-0.2, 0) is 0 Å². The molecule has 1 saturated heterocycles. The number of ether oxygens (including phenoxy) is 1. The molecule has 3 heteroatoms. The van der Waals surface area contributed by atoms with Gasteiger partial charge in [-0.05, 0) is 36.6 Å². The molecule has 0 saturated carbocycles. The SMILES string of the molecule is c1ccc2c(c1)OCCC2CNCC1CCCCS1. The molecule has 2 atom stereocenters. The highest BCUT2D eigenvalue weighted by Gasteiger charge is 2.21. The van der Waals surface area contributed by atoms with E-state index in [1.54, 1.807) is 0 Å². The van der Waals surface area contributed by atoms with E-state index in [0.717, 1.165) is 30.6 Å². The highest BCUT2D eigenvalue weighted by Crippen LogP contribution is 2.33. The maximum atomic E-state index is 5.72. The minimum absolute atomic E-state index is 0.624. The standard InChI is InChI=1S/C16H23NOS/c1-2-7-16-15(6-1)13(8-9-18-16)11-17-12-14-5-3-4-10-19-14/h1-2,6-7,13-14,17H,3-5,8-12H2. The molecule has 0 aromatic heterocycles. The Morgan fingerprint density at radius 2 is 2.11 bits per heavy atom. The normalized spacial score (nSPS) is 26.5. The third-order valence-corrected chi connectivity index (χ3v) is 5.52. The third-order valence-electron chi connectivity index (χ3n) is 4.12. The van der Waals surface area contributed by atoms with Crippen LogP contribution in [-0.4, -0.2) is 30.7 Å². The highest BCUT2D eigenvalue weighted by atomic mass is 32.2. The fourth-order valence-corrected chi connectivity index (χ4v) is 4.29. The van der Waals surface area contributed by atoms with E-state index >= 15 is 0 Å². The van der Waals surface area contributed by atoms with Gasteiger partial charge in [-0.25, -0.2) is 0 Å². The fraction of sp³-hybridized carbons (Fsp3) is 0.625. The lowest BCUT2D eigenvalue weighted by molar-refractivity contribution is 0.264. The van der Waals surface area contributed by atoms with E-state index in [9.17, 15) is 0 Å². The Kier molecular flexibility index (Phi) is 4.67. The summed E-state index contributed by atoms with van der Waals surface area (Å²) in [6, 6.07) is 8.50. The summed E-state index contributed by atoms with van der Waals surface area (Å²) in [5.74, 6) is 3.07. The molecule has 1 N–H and O–H groups in total. The molecule has 2 unspecified atom stereocenters. The molecular weight excluding hydrogens is 254 g/mol. The van der Waals surface area contributed by atoms with E-state index in [4.69, 9.17) is 4.74 Å². The maximum absolute atomic E-state index is 5.72. The van der Waals surface area contributed by atoms with Crippen LogP contribution in [0.3, 0.4) is 0 Å². The largest absolute Gasteiger partial charge is 0.493 e. The molecule has 2 heterocycles. The number of para-hydroxylation sites is 1. The van der Waals surface area contributed by atoms with Crippen molar-refractivity contribution in [1.29, 1.82) is 0 Å². The van der Waals surface area contributed by atoms with Crippen molar-refractivity contribution >= 4 is 11.8 Å². The minimum Gasteiger partial charge on any atom is -0.493 e. The molecule has 1 aromatic rings. The summed E-state index contributed by atoms with van der Waals surface area (Å²) in [6.07, 6.45) is 5.36. The van der Waals surface area contributed by atoms with Gasteiger partial charge in [0.25, 0.3) is 0 Å². The predicted octanol–water partition coefficient (Wildman–Crippen LogP) is 3.43. The first-order valence-corrected chi connectivity index (χ1v) is 8.52. The van der Waals surface area contributed by atoms with Crippen LogP contribution in [0.15, 0.2) is 24.3 Å². The lowest BCUT2D eigenvalue weighted by atomic mass is 9.93. The first kappa shape index (κ1) is 13.3. The van der Waals surface area contributed by atoms with Crippen molar-refractivity contribution in [3.05, 3.63) is 29.8 Å². The second-order valence-corrected chi connectivity index (χ2v) is 6.93. The summed E-state index contributed by atoms with van der Waals surface area (Å²) in [7, 11) is 0. The van der Waals surface area contributed by atoms with Crippen LogP contribution in [0.4, 0.5) is 0 Å². The average molecular weight is 277 g/mol. The number of fused-ring (bicyclic) bond motifs is 1. The van der Waals surface area contributed by atoms with Crippen LogP contribution in [0, 0.1) is 0 Å². The zero-order valence-electron chi connectivity index (χ0n) is 11.4. The van der Waals surface area contributed by atoms with Crippen LogP contribution in [0.2, 0.25) is 0 Å². The smallest absolute Gasteiger partial charge is 0.122 e. The summed E-state index contributed by atoms with van der Waals surface area (Å²) in [4.78, 5) is 0. The fourth-order valence-electron chi connectivity index (χ4n) is 3.01. The molecule has 1 fully saturated rings. The van der Waals surface area contributed by atoms with Crippen molar-refractivity contribution in [3.63, 3.8) is 0 Å². The van der Waals surface area contributed by atoms with E-state index in [0.29, 0.717) is 5.92 Å². The molecule has 0 spiro atoms. The van der Waals surface area contributed by atoms with Crippen molar-refractivity contribution in [2.24, 2.45) is 0 Å². The van der Waals surface area contributed by atoms with Crippen LogP contribution in [0.25, 0.3) is 0 Å². The van der Waals surface area contributed by atoms with Gasteiger partial charge in [0.05, 0.1) is 6.61 Å². The number of thioether (sulfide) groups is 1. The Bertz CT molecular complexity index is 403. The molecule has 2 aliphatic rings. The van der Waals surface area contributed by atoms with E-state index in [-0.39, 0.29) is 0 Å². The molecule has 0 amide bonds. The first-order chi connectivity index (χ1) is 9.43. The molecular formula is C16H23NOS. The number of hydrogen-bond acceptors (Lipinski definition) is 3. The Morgan fingerprint density at radius 3 is 3.00 bits per heavy atom. The Balaban J connectivity index is 1.50. The molecule has 0 bridgehead atoms. The average Bonchev–Trinajstić information content (AvgIpc) is 2.49. The van der Waals surface area contributed by atoms with Gasteiger partial charge in [0.2, 0.25) is 0 Å². The van der Waals surface area contributed by atoms with Gasteiger partial charge in [-0.1, -0.05) is 24.6 Å². The van der Waals surface area contributed by atoms with Crippen LogP contribution >= 0.6 is 11.8 Å². The van der Waals surface area contributed by atoms with Gasteiger partial charge in [0, 0.05) is 24.3 Å². The van der Waals surface area contributed by atoms with Crippen molar-refractivity contribution < 1.29 is 4.74 Å². The summed E-state index contributed by atoms with van der Waals surface area (Å²) in [5, 5.41) is 4.53. The summed E-state index contributed by atoms with van der Waals surface area (Å²) >= 11 is 2.15. The van der Waals surface area contributed by atoms with Crippen molar-refractivity contribution in [2.45, 2.75) is 36.9 Å². The lowest BCUT2D eigenvalue weighted by Crippen LogP contribution is -2.31. The van der Waals surface area contributed by atoms with Crippen LogP contribution in [0.1, 0.15) is 37.2 Å². The second kappa shape index (κ2) is 6.67. The molecule has 19 heavy (non-hydrogen) atoms. The van der Waals surface area contributed by atoms with Gasteiger partial charge >= 0.3 is 0 Å². The van der Waals surface area contributed by atoms with Crippen molar-refractivity contribution in [2.75, 3.05) is 25.4 Å². The summed E-state index contributed by atoms with van der Waals surface area (Å²) in [6.45, 7) is 3.13. The minimum atomic E-state index is 0.624. The second-order valence-electron chi connectivity index (χ2n) is 5.52. The highest BCUT2D eigenvalue weighted by molar-refractivity contribution is 7.99. The topological polar surface area (TPSA) is 21.3 Å². The molecule has 3 rings (SSSR count). The van der Waals surface area contributed by atoms with Crippen molar-refractivity contribution in [1.82, 2.24) is 5.32 Å². The Labute approximate surface area is 120 Å². The molecule has 2 aliphatic heterocycles. The van der Waals surface area contributed by atoms with E-state index in [1.807, 2.05) is 0 Å². The van der Waals surface area contributed by atoms with E-state index in [1.165, 1.54) is 37.1 Å². The van der Waals surface area contributed by atoms with E-state index in [2.05, 4.69) is 41.3 Å². The van der Waals surface area contributed by atoms with Gasteiger partial charge in [-0.2, -0.15) is 11.8 Å². The quantitative estimate of drug-likeness (QED) is 0.911. The van der Waals surface area contributed by atoms with Gasteiger partial charge in [-0.3, -0.25) is 0 Å². The predicted molar refractivity (Wildman–Crippen MR) is 82.3 cm³/mol. The number of rotatable bonds is 4.